The first-order chi connectivity index (χ1) is 9.60. The molecule has 0 saturated heterocycles. The Bertz CT molecular complexity index is 634. The number of benzene rings is 2. The van der Waals surface area contributed by atoms with Crippen molar-refractivity contribution in [1.29, 1.82) is 0 Å². The van der Waals surface area contributed by atoms with Crippen LogP contribution in [0.2, 0.25) is 0 Å². The van der Waals surface area contributed by atoms with Crippen LogP contribution in [0.4, 0.5) is 10.1 Å². The van der Waals surface area contributed by atoms with Gasteiger partial charge in [0.05, 0.1) is 0 Å². The van der Waals surface area contributed by atoms with Crippen molar-refractivity contribution in [3.63, 3.8) is 0 Å². The molecule has 5 N–H and O–H groups in total. The molecule has 0 fully saturated rings. The van der Waals surface area contributed by atoms with Crippen LogP contribution in [0.3, 0.4) is 0 Å². The van der Waals surface area contributed by atoms with Crippen LogP contribution in [-0.4, -0.2) is 5.91 Å². The summed E-state index contributed by atoms with van der Waals surface area (Å²) in [5.74, 6) is 4.67. The molecule has 0 aromatic heterocycles. The summed E-state index contributed by atoms with van der Waals surface area (Å²) in [6.45, 7) is 0. The highest BCUT2D eigenvalue weighted by Gasteiger charge is 2.09. The van der Waals surface area contributed by atoms with Gasteiger partial charge < -0.3 is 5.73 Å². The summed E-state index contributed by atoms with van der Waals surface area (Å²) >= 11 is 1.45. The van der Waals surface area contributed by atoms with E-state index >= 15 is 0 Å². The highest BCUT2D eigenvalue weighted by atomic mass is 32.2. The first-order valence-electron chi connectivity index (χ1n) is 5.88. The maximum Gasteiger partial charge on any atom is 0.265 e. The van der Waals surface area contributed by atoms with Crippen molar-refractivity contribution >= 4 is 23.4 Å². The molecule has 6 heteroatoms. The van der Waals surface area contributed by atoms with E-state index in [4.69, 9.17) is 11.6 Å². The number of nitrogen functional groups attached to an aromatic ring is 2. The van der Waals surface area contributed by atoms with Crippen molar-refractivity contribution in [2.75, 3.05) is 5.73 Å². The van der Waals surface area contributed by atoms with E-state index in [9.17, 15) is 9.18 Å². The monoisotopic (exact) mass is 291 g/mol. The number of amides is 1. The van der Waals surface area contributed by atoms with Gasteiger partial charge >= 0.3 is 0 Å². The number of carbonyl (C=O) groups is 1. The van der Waals surface area contributed by atoms with E-state index < -0.39 is 5.91 Å². The minimum atomic E-state index is -0.444. The molecule has 0 saturated carbocycles. The zero-order valence-electron chi connectivity index (χ0n) is 10.6. The minimum Gasteiger partial charge on any atom is -0.399 e. The Kier molecular flexibility index (Phi) is 4.60. The third-order valence-electron chi connectivity index (χ3n) is 2.69. The van der Waals surface area contributed by atoms with Gasteiger partial charge in [-0.25, -0.2) is 10.2 Å². The van der Waals surface area contributed by atoms with Gasteiger partial charge in [-0.05, 0) is 42.0 Å². The summed E-state index contributed by atoms with van der Waals surface area (Å²) in [6.07, 6.45) is 0. The van der Waals surface area contributed by atoms with Gasteiger partial charge in [-0.2, -0.15) is 0 Å². The molecular formula is C14H14FN3OS. The van der Waals surface area contributed by atoms with Crippen molar-refractivity contribution in [1.82, 2.24) is 5.43 Å². The van der Waals surface area contributed by atoms with Gasteiger partial charge in [-0.3, -0.25) is 10.2 Å². The van der Waals surface area contributed by atoms with Crippen LogP contribution in [0.1, 0.15) is 15.9 Å². The second-order valence-electron chi connectivity index (χ2n) is 4.14. The number of rotatable bonds is 4. The molecule has 4 nitrogen and oxygen atoms in total. The first kappa shape index (κ1) is 14.4. The molecule has 0 aliphatic carbocycles. The Balaban J connectivity index is 2.14. The highest BCUT2D eigenvalue weighted by Crippen LogP contribution is 2.26. The highest BCUT2D eigenvalue weighted by molar-refractivity contribution is 7.98. The molecule has 1 amide bonds. The van der Waals surface area contributed by atoms with Gasteiger partial charge in [0.25, 0.3) is 5.91 Å². The quantitative estimate of drug-likeness (QED) is 0.265. The molecular weight excluding hydrogens is 277 g/mol. The third kappa shape index (κ3) is 3.49. The predicted molar refractivity (Wildman–Crippen MR) is 78.5 cm³/mol. The van der Waals surface area contributed by atoms with Gasteiger partial charge in [-0.1, -0.05) is 6.07 Å². The van der Waals surface area contributed by atoms with Crippen LogP contribution >= 0.6 is 11.8 Å². The number of anilines is 1. The van der Waals surface area contributed by atoms with Crippen LogP contribution in [0.5, 0.6) is 0 Å². The minimum absolute atomic E-state index is 0.331. The zero-order chi connectivity index (χ0) is 14.5. The largest absolute Gasteiger partial charge is 0.399 e. The van der Waals surface area contributed by atoms with Gasteiger partial charge in [0, 0.05) is 21.9 Å². The summed E-state index contributed by atoms with van der Waals surface area (Å²) in [4.78, 5) is 12.4. The van der Waals surface area contributed by atoms with Gasteiger partial charge in [-0.15, -0.1) is 11.8 Å². The Hall–Kier alpha value is -2.05. The lowest BCUT2D eigenvalue weighted by Gasteiger charge is -2.06. The van der Waals surface area contributed by atoms with Crippen molar-refractivity contribution in [2.45, 2.75) is 10.6 Å². The summed E-state index contributed by atoms with van der Waals surface area (Å²) in [7, 11) is 0. The van der Waals surface area contributed by atoms with E-state index in [2.05, 4.69) is 0 Å². The smallest absolute Gasteiger partial charge is 0.265 e. The van der Waals surface area contributed by atoms with Crippen LogP contribution in [0, 0.1) is 5.82 Å². The summed E-state index contributed by atoms with van der Waals surface area (Å²) in [5.41, 5.74) is 9.14. The zero-order valence-corrected chi connectivity index (χ0v) is 11.4. The number of hydrazine groups is 1. The van der Waals surface area contributed by atoms with E-state index in [1.807, 2.05) is 23.6 Å². The summed E-state index contributed by atoms with van der Waals surface area (Å²) in [6, 6.07) is 11.5. The van der Waals surface area contributed by atoms with Crippen LogP contribution in [0.25, 0.3) is 0 Å². The molecule has 0 aliphatic rings. The molecule has 0 unspecified atom stereocenters. The maximum absolute atomic E-state index is 13.7. The van der Waals surface area contributed by atoms with Crippen molar-refractivity contribution in [3.05, 3.63) is 59.4 Å². The van der Waals surface area contributed by atoms with Gasteiger partial charge in [0.15, 0.2) is 0 Å². The number of nitrogens with two attached hydrogens (primary N) is 2. The molecule has 0 heterocycles. The molecule has 0 spiro atoms. The van der Waals surface area contributed by atoms with Crippen molar-refractivity contribution in [2.24, 2.45) is 5.84 Å². The molecule has 2 aromatic rings. The van der Waals surface area contributed by atoms with E-state index in [1.54, 1.807) is 6.07 Å². The topological polar surface area (TPSA) is 81.1 Å². The standard InChI is InChI=1S/C14H14FN3OS/c15-13-5-4-9(14(19)18-17)6-10(13)8-20-12-3-1-2-11(16)7-12/h1-7H,8,16-17H2,(H,18,19). The predicted octanol–water partition coefficient (Wildman–Crippen LogP) is 2.30. The second kappa shape index (κ2) is 6.40. The van der Waals surface area contributed by atoms with Crippen molar-refractivity contribution in [3.8, 4) is 0 Å². The van der Waals surface area contributed by atoms with E-state index in [0.29, 0.717) is 22.6 Å². The van der Waals surface area contributed by atoms with Crippen molar-refractivity contribution < 1.29 is 9.18 Å². The fraction of sp³-hybridized carbons (Fsp3) is 0.0714. The number of carbonyl (C=O) groups excluding carboxylic acids is 1. The lowest BCUT2D eigenvalue weighted by atomic mass is 10.1. The molecule has 0 bridgehead atoms. The number of halogens is 1. The molecule has 2 rings (SSSR count). The SMILES string of the molecule is NNC(=O)c1ccc(F)c(CSc2cccc(N)c2)c1. The van der Waals surface area contributed by atoms with Crippen LogP contribution < -0.4 is 17.0 Å². The molecule has 2 aromatic carbocycles. The van der Waals surface area contributed by atoms with E-state index in [-0.39, 0.29) is 5.82 Å². The fourth-order valence-corrected chi connectivity index (χ4v) is 2.61. The number of nitrogens with one attached hydrogen (secondary N) is 1. The normalized spacial score (nSPS) is 10.3. The fourth-order valence-electron chi connectivity index (χ4n) is 1.68. The third-order valence-corrected chi connectivity index (χ3v) is 3.73. The molecule has 0 atom stereocenters. The first-order valence-corrected chi connectivity index (χ1v) is 6.86. The Morgan fingerprint density at radius 2 is 2.05 bits per heavy atom. The van der Waals surface area contributed by atoms with Crippen LogP contribution in [-0.2, 0) is 5.75 Å². The number of hydrogen-bond acceptors (Lipinski definition) is 4. The average molecular weight is 291 g/mol. The van der Waals surface area contributed by atoms with Crippen LogP contribution in [0.15, 0.2) is 47.4 Å². The van der Waals surface area contributed by atoms with Gasteiger partial charge in [0.1, 0.15) is 5.82 Å². The Morgan fingerprint density at radius 3 is 2.75 bits per heavy atom. The maximum atomic E-state index is 13.7. The Labute approximate surface area is 120 Å². The number of thioether (sulfide) groups is 1. The summed E-state index contributed by atoms with van der Waals surface area (Å²) < 4.78 is 13.7. The Morgan fingerprint density at radius 1 is 1.25 bits per heavy atom. The molecule has 0 radical (unpaired) electrons. The molecule has 0 aliphatic heterocycles. The summed E-state index contributed by atoms with van der Waals surface area (Å²) in [5, 5.41) is 0. The van der Waals surface area contributed by atoms with E-state index in [1.165, 1.54) is 30.0 Å². The second-order valence-corrected chi connectivity index (χ2v) is 5.19. The van der Waals surface area contributed by atoms with E-state index in [0.717, 1.165) is 4.90 Å². The molecule has 104 valence electrons. The van der Waals surface area contributed by atoms with Gasteiger partial charge in [0.2, 0.25) is 0 Å². The lowest BCUT2D eigenvalue weighted by Crippen LogP contribution is -2.30. The lowest BCUT2D eigenvalue weighted by molar-refractivity contribution is 0.0953. The average Bonchev–Trinajstić information content (AvgIpc) is 2.45. The number of hydrogen-bond donors (Lipinski definition) is 3. The molecule has 20 heavy (non-hydrogen) atoms.